The van der Waals surface area contributed by atoms with Crippen molar-refractivity contribution in [1.29, 1.82) is 0 Å². The Morgan fingerprint density at radius 3 is 2.68 bits per heavy atom. The predicted molar refractivity (Wildman–Crippen MR) is 115 cm³/mol. The highest BCUT2D eigenvalue weighted by molar-refractivity contribution is 5.93. The molecule has 0 amide bonds. The number of rotatable bonds is 8. The Hall–Kier alpha value is -2.73. The number of anilines is 1. The Morgan fingerprint density at radius 1 is 1.26 bits per heavy atom. The maximum atomic E-state index is 12.6. The van der Waals surface area contributed by atoms with Crippen molar-refractivity contribution in [2.45, 2.75) is 37.5 Å². The van der Waals surface area contributed by atoms with Crippen LogP contribution < -0.4 is 10.1 Å². The van der Waals surface area contributed by atoms with Crippen molar-refractivity contribution in [1.82, 2.24) is 10.1 Å². The molecular weight excluding hydrogens is 459 g/mol. The van der Waals surface area contributed by atoms with E-state index in [1.54, 1.807) is 12.1 Å². The second-order valence-electron chi connectivity index (χ2n) is 8.83. The number of piperidine rings is 1. The standard InChI is InChI=1S/C22H28F3N3O6/c23-22(24,25)14-32-16-2-1-3-17-18(16)19(27-34-17)26-12-15-4-8-28(9-5-15)13-21(33-20(29)30)6-10-31-11-7-21/h1-3,15H,4-14H2,(H,26,27)(H,29,30). The number of likely N-dealkylation sites (tertiary alicyclic amines) is 1. The molecule has 0 spiro atoms. The Labute approximate surface area is 194 Å². The molecule has 0 aliphatic carbocycles. The van der Waals surface area contributed by atoms with Crippen LogP contribution in [0, 0.1) is 5.92 Å². The molecule has 0 saturated carbocycles. The second kappa shape index (κ2) is 10.3. The number of ether oxygens (including phenoxy) is 3. The van der Waals surface area contributed by atoms with Crippen LogP contribution in [0.15, 0.2) is 22.7 Å². The SMILES string of the molecule is O=C(O)OC1(CN2CCC(CNc3noc4cccc(OCC(F)(F)F)c34)CC2)CCOCC1. The van der Waals surface area contributed by atoms with E-state index >= 15 is 0 Å². The zero-order chi connectivity index (χ0) is 24.2. The summed E-state index contributed by atoms with van der Waals surface area (Å²) in [6, 6.07) is 4.63. The molecule has 2 aliphatic heterocycles. The summed E-state index contributed by atoms with van der Waals surface area (Å²) in [5.41, 5.74) is -0.390. The molecule has 1 aromatic heterocycles. The first-order chi connectivity index (χ1) is 16.2. The summed E-state index contributed by atoms with van der Waals surface area (Å²) < 4.78 is 58.7. The zero-order valence-electron chi connectivity index (χ0n) is 18.6. The fourth-order valence-corrected chi connectivity index (χ4v) is 4.58. The van der Waals surface area contributed by atoms with Crippen LogP contribution >= 0.6 is 0 Å². The number of benzene rings is 1. The number of carbonyl (C=O) groups is 1. The summed E-state index contributed by atoms with van der Waals surface area (Å²) in [6.07, 6.45) is -2.88. The van der Waals surface area contributed by atoms with E-state index in [0.29, 0.717) is 61.8 Å². The smallest absolute Gasteiger partial charge is 0.483 e. The van der Waals surface area contributed by atoms with Crippen LogP contribution in [0.25, 0.3) is 11.0 Å². The van der Waals surface area contributed by atoms with Crippen molar-refractivity contribution in [2.24, 2.45) is 5.92 Å². The van der Waals surface area contributed by atoms with Gasteiger partial charge in [0.05, 0.1) is 13.2 Å². The molecule has 1 aromatic carbocycles. The van der Waals surface area contributed by atoms with Crippen LogP contribution in [-0.4, -0.2) is 79.1 Å². The molecule has 0 atom stereocenters. The lowest BCUT2D eigenvalue weighted by Crippen LogP contribution is -2.51. The third kappa shape index (κ3) is 6.23. The molecule has 4 rings (SSSR count). The Bertz CT molecular complexity index is 968. The van der Waals surface area contributed by atoms with Gasteiger partial charge >= 0.3 is 12.3 Å². The van der Waals surface area contributed by atoms with Gasteiger partial charge in [0, 0.05) is 25.9 Å². The van der Waals surface area contributed by atoms with Gasteiger partial charge in [0.15, 0.2) is 18.0 Å². The maximum Gasteiger partial charge on any atom is 0.506 e. The van der Waals surface area contributed by atoms with Crippen LogP contribution in [0.3, 0.4) is 0 Å². The minimum absolute atomic E-state index is 0.0635. The molecule has 12 heteroatoms. The van der Waals surface area contributed by atoms with Crippen molar-refractivity contribution >= 4 is 22.9 Å². The summed E-state index contributed by atoms with van der Waals surface area (Å²) in [5, 5.41) is 16.7. The minimum Gasteiger partial charge on any atom is -0.483 e. The molecule has 2 aliphatic rings. The number of fused-ring (bicyclic) bond motifs is 1. The molecule has 34 heavy (non-hydrogen) atoms. The molecule has 2 aromatic rings. The molecule has 2 saturated heterocycles. The van der Waals surface area contributed by atoms with Crippen LogP contribution in [0.5, 0.6) is 5.75 Å². The average Bonchev–Trinajstić information content (AvgIpc) is 3.20. The monoisotopic (exact) mass is 487 g/mol. The quantitative estimate of drug-likeness (QED) is 0.532. The predicted octanol–water partition coefficient (Wildman–Crippen LogP) is 4.14. The van der Waals surface area contributed by atoms with Crippen LogP contribution in [0.4, 0.5) is 23.8 Å². The third-order valence-corrected chi connectivity index (χ3v) is 6.34. The fourth-order valence-electron chi connectivity index (χ4n) is 4.58. The number of aromatic nitrogens is 1. The number of nitrogens with zero attached hydrogens (tertiary/aromatic N) is 2. The van der Waals surface area contributed by atoms with Gasteiger partial charge in [-0.1, -0.05) is 11.2 Å². The molecule has 9 nitrogen and oxygen atoms in total. The largest absolute Gasteiger partial charge is 0.506 e. The molecule has 3 heterocycles. The number of carboxylic acid groups (broad SMARTS) is 1. The molecule has 188 valence electrons. The van der Waals surface area contributed by atoms with E-state index in [1.807, 2.05) is 0 Å². The van der Waals surface area contributed by atoms with E-state index in [9.17, 15) is 18.0 Å². The molecule has 2 N–H and O–H groups in total. The van der Waals surface area contributed by atoms with Gasteiger partial charge in [-0.05, 0) is 44.0 Å². The fraction of sp³-hybridized carbons (Fsp3) is 0.636. The molecule has 0 radical (unpaired) electrons. The number of nitrogens with one attached hydrogen (secondary N) is 1. The van der Waals surface area contributed by atoms with E-state index in [4.69, 9.17) is 23.8 Å². The molecule has 2 fully saturated rings. The van der Waals surface area contributed by atoms with Crippen molar-refractivity contribution < 1.29 is 41.8 Å². The lowest BCUT2D eigenvalue weighted by Gasteiger charge is -2.41. The van der Waals surface area contributed by atoms with Crippen LogP contribution in [-0.2, 0) is 9.47 Å². The first kappa shape index (κ1) is 24.4. The van der Waals surface area contributed by atoms with Gasteiger partial charge in [0.2, 0.25) is 0 Å². The average molecular weight is 487 g/mol. The number of hydrogen-bond acceptors (Lipinski definition) is 8. The van der Waals surface area contributed by atoms with E-state index in [0.717, 1.165) is 25.9 Å². The molecule has 0 bridgehead atoms. The van der Waals surface area contributed by atoms with E-state index in [-0.39, 0.29) is 5.75 Å². The maximum absolute atomic E-state index is 12.6. The van der Waals surface area contributed by atoms with E-state index < -0.39 is 24.5 Å². The van der Waals surface area contributed by atoms with Crippen LogP contribution in [0.1, 0.15) is 25.7 Å². The summed E-state index contributed by atoms with van der Waals surface area (Å²) in [5.74, 6) is 0.733. The normalized spacial score (nSPS) is 19.7. The Balaban J connectivity index is 1.31. The van der Waals surface area contributed by atoms with Gasteiger partial charge in [-0.25, -0.2) is 4.79 Å². The minimum atomic E-state index is -4.44. The number of halogens is 3. The van der Waals surface area contributed by atoms with Gasteiger partial charge in [0.25, 0.3) is 0 Å². The van der Waals surface area contributed by atoms with Crippen molar-refractivity contribution in [2.75, 3.05) is 51.3 Å². The highest BCUT2D eigenvalue weighted by atomic mass is 19.4. The first-order valence-corrected chi connectivity index (χ1v) is 11.3. The second-order valence-corrected chi connectivity index (χ2v) is 8.83. The summed E-state index contributed by atoms with van der Waals surface area (Å²) in [6.45, 7) is 2.26. The summed E-state index contributed by atoms with van der Waals surface area (Å²) >= 11 is 0. The topological polar surface area (TPSA) is 106 Å². The first-order valence-electron chi connectivity index (χ1n) is 11.3. The van der Waals surface area contributed by atoms with Crippen molar-refractivity contribution in [3.8, 4) is 5.75 Å². The van der Waals surface area contributed by atoms with Gasteiger partial charge in [0.1, 0.15) is 16.7 Å². The van der Waals surface area contributed by atoms with Gasteiger partial charge < -0.3 is 29.2 Å². The highest BCUT2D eigenvalue weighted by Gasteiger charge is 2.39. The summed E-state index contributed by atoms with van der Waals surface area (Å²) in [4.78, 5) is 13.4. The summed E-state index contributed by atoms with van der Waals surface area (Å²) in [7, 11) is 0. The van der Waals surface area contributed by atoms with Gasteiger partial charge in [-0.15, -0.1) is 0 Å². The van der Waals surface area contributed by atoms with Gasteiger partial charge in [-0.3, -0.25) is 4.90 Å². The van der Waals surface area contributed by atoms with E-state index in [2.05, 4.69) is 15.4 Å². The Kier molecular flexibility index (Phi) is 7.36. The number of alkyl halides is 3. The van der Waals surface area contributed by atoms with E-state index in [1.165, 1.54) is 6.07 Å². The third-order valence-electron chi connectivity index (χ3n) is 6.34. The number of hydrogen-bond donors (Lipinski definition) is 2. The lowest BCUT2D eigenvalue weighted by atomic mass is 9.90. The Morgan fingerprint density at radius 2 is 2.00 bits per heavy atom. The highest BCUT2D eigenvalue weighted by Crippen LogP contribution is 2.34. The molecule has 0 unspecified atom stereocenters. The van der Waals surface area contributed by atoms with Crippen molar-refractivity contribution in [3.63, 3.8) is 0 Å². The zero-order valence-corrected chi connectivity index (χ0v) is 18.6. The van der Waals surface area contributed by atoms with Gasteiger partial charge in [-0.2, -0.15) is 13.2 Å². The lowest BCUT2D eigenvalue weighted by molar-refractivity contribution is -0.153. The van der Waals surface area contributed by atoms with Crippen LogP contribution in [0.2, 0.25) is 0 Å². The van der Waals surface area contributed by atoms with Crippen molar-refractivity contribution in [3.05, 3.63) is 18.2 Å². The molecular formula is C22H28F3N3O6.